The summed E-state index contributed by atoms with van der Waals surface area (Å²) >= 11 is 6.01. The summed E-state index contributed by atoms with van der Waals surface area (Å²) in [5.74, 6) is 0.368. The summed E-state index contributed by atoms with van der Waals surface area (Å²) in [4.78, 5) is 4.29. The summed E-state index contributed by atoms with van der Waals surface area (Å²) in [7, 11) is 0. The molecule has 92 valence electrons. The molecule has 0 aliphatic carbocycles. The van der Waals surface area contributed by atoms with Crippen molar-refractivity contribution in [2.75, 3.05) is 5.73 Å². The summed E-state index contributed by atoms with van der Waals surface area (Å²) in [5.41, 5.74) is 8.90. The second kappa shape index (κ2) is 4.30. The van der Waals surface area contributed by atoms with E-state index in [1.807, 2.05) is 18.2 Å². The highest BCUT2D eigenvalue weighted by molar-refractivity contribution is 6.31. The number of halogens is 1. The van der Waals surface area contributed by atoms with Gasteiger partial charge in [-0.3, -0.25) is 4.57 Å². The number of aromatic nitrogens is 2. The summed E-state index contributed by atoms with van der Waals surface area (Å²) in [6.45, 7) is 0. The Balaban J connectivity index is 2.32. The van der Waals surface area contributed by atoms with E-state index in [2.05, 4.69) is 11.1 Å². The first-order chi connectivity index (χ1) is 9.19. The zero-order valence-electron chi connectivity index (χ0n) is 9.84. The molecule has 0 saturated carbocycles. The van der Waals surface area contributed by atoms with Crippen LogP contribution in [0.5, 0.6) is 0 Å². The van der Waals surface area contributed by atoms with Crippen LogP contribution in [0.25, 0.3) is 16.7 Å². The van der Waals surface area contributed by atoms with Gasteiger partial charge in [-0.05, 0) is 36.4 Å². The molecule has 2 aromatic carbocycles. The van der Waals surface area contributed by atoms with Crippen molar-refractivity contribution in [1.82, 2.24) is 9.55 Å². The molecule has 3 rings (SSSR count). The molecule has 0 amide bonds. The summed E-state index contributed by atoms with van der Waals surface area (Å²) in [6.07, 6.45) is 0. The van der Waals surface area contributed by atoms with Crippen molar-refractivity contribution in [1.29, 1.82) is 5.26 Å². The predicted molar refractivity (Wildman–Crippen MR) is 75.2 cm³/mol. The van der Waals surface area contributed by atoms with Crippen molar-refractivity contribution < 1.29 is 0 Å². The minimum absolute atomic E-state index is 0.368. The Morgan fingerprint density at radius 1 is 1.21 bits per heavy atom. The number of benzene rings is 2. The van der Waals surface area contributed by atoms with E-state index < -0.39 is 0 Å². The highest BCUT2D eigenvalue weighted by Gasteiger charge is 2.10. The number of anilines is 1. The number of imidazole rings is 1. The monoisotopic (exact) mass is 268 g/mol. The SMILES string of the molecule is N#Cc1cccc(-n2c(N)nc3ccc(Cl)cc32)c1. The Morgan fingerprint density at radius 2 is 2.05 bits per heavy atom. The van der Waals surface area contributed by atoms with Crippen LogP contribution in [-0.4, -0.2) is 9.55 Å². The Labute approximate surface area is 114 Å². The first-order valence-corrected chi connectivity index (χ1v) is 6.01. The van der Waals surface area contributed by atoms with E-state index >= 15 is 0 Å². The molecular formula is C14H9ClN4. The fourth-order valence-electron chi connectivity index (χ4n) is 2.05. The number of nitrogens with two attached hydrogens (primary N) is 1. The molecule has 4 nitrogen and oxygen atoms in total. The van der Waals surface area contributed by atoms with Crippen LogP contribution in [0, 0.1) is 11.3 Å². The van der Waals surface area contributed by atoms with Crippen LogP contribution >= 0.6 is 11.6 Å². The molecule has 5 heteroatoms. The molecule has 0 saturated heterocycles. The lowest BCUT2D eigenvalue weighted by molar-refractivity contribution is 1.11. The van der Waals surface area contributed by atoms with Crippen LogP contribution in [-0.2, 0) is 0 Å². The van der Waals surface area contributed by atoms with Gasteiger partial charge < -0.3 is 5.73 Å². The van der Waals surface area contributed by atoms with Gasteiger partial charge in [0.25, 0.3) is 0 Å². The maximum Gasteiger partial charge on any atom is 0.205 e. The van der Waals surface area contributed by atoms with Crippen LogP contribution in [0.1, 0.15) is 5.56 Å². The van der Waals surface area contributed by atoms with Crippen molar-refractivity contribution in [3.63, 3.8) is 0 Å². The molecule has 0 bridgehead atoms. The second-order valence-corrected chi connectivity index (χ2v) is 4.54. The molecule has 0 spiro atoms. The van der Waals surface area contributed by atoms with E-state index in [0.717, 1.165) is 16.7 Å². The average molecular weight is 269 g/mol. The predicted octanol–water partition coefficient (Wildman–Crippen LogP) is 3.13. The summed E-state index contributed by atoms with van der Waals surface area (Å²) in [5, 5.41) is 9.57. The van der Waals surface area contributed by atoms with Crippen LogP contribution in [0.15, 0.2) is 42.5 Å². The Morgan fingerprint density at radius 3 is 2.84 bits per heavy atom. The number of hydrogen-bond acceptors (Lipinski definition) is 3. The van der Waals surface area contributed by atoms with Crippen molar-refractivity contribution in [2.45, 2.75) is 0 Å². The molecule has 0 aliphatic rings. The summed E-state index contributed by atoms with van der Waals surface area (Å²) in [6, 6.07) is 14.7. The van der Waals surface area contributed by atoms with Crippen molar-refractivity contribution >= 4 is 28.6 Å². The van der Waals surface area contributed by atoms with Crippen molar-refractivity contribution in [3.05, 3.63) is 53.1 Å². The molecule has 3 aromatic rings. The molecule has 2 N–H and O–H groups in total. The third-order valence-corrected chi connectivity index (χ3v) is 3.11. The van der Waals surface area contributed by atoms with Gasteiger partial charge in [-0.25, -0.2) is 4.98 Å². The van der Waals surface area contributed by atoms with Gasteiger partial charge in [0.2, 0.25) is 5.95 Å². The zero-order chi connectivity index (χ0) is 13.4. The first-order valence-electron chi connectivity index (χ1n) is 5.63. The maximum absolute atomic E-state index is 8.96. The van der Waals surface area contributed by atoms with E-state index in [9.17, 15) is 0 Å². The van der Waals surface area contributed by atoms with Crippen molar-refractivity contribution in [3.8, 4) is 11.8 Å². The molecule has 1 aromatic heterocycles. The largest absolute Gasteiger partial charge is 0.369 e. The molecule has 19 heavy (non-hydrogen) atoms. The smallest absolute Gasteiger partial charge is 0.205 e. The number of hydrogen-bond donors (Lipinski definition) is 1. The number of nitrogen functional groups attached to an aromatic ring is 1. The Hall–Kier alpha value is -2.51. The van der Waals surface area contributed by atoms with Crippen molar-refractivity contribution in [2.24, 2.45) is 0 Å². The maximum atomic E-state index is 8.96. The lowest BCUT2D eigenvalue weighted by Crippen LogP contribution is -2.00. The van der Waals surface area contributed by atoms with Gasteiger partial charge >= 0.3 is 0 Å². The van der Waals surface area contributed by atoms with Crippen LogP contribution in [0.2, 0.25) is 5.02 Å². The number of rotatable bonds is 1. The van der Waals surface area contributed by atoms with Gasteiger partial charge in [0.1, 0.15) is 0 Å². The van der Waals surface area contributed by atoms with E-state index in [1.165, 1.54) is 0 Å². The minimum Gasteiger partial charge on any atom is -0.369 e. The number of nitriles is 1. The molecule has 0 fully saturated rings. The Kier molecular flexibility index (Phi) is 2.62. The number of nitrogens with zero attached hydrogens (tertiary/aromatic N) is 3. The lowest BCUT2D eigenvalue weighted by Gasteiger charge is -2.06. The molecular weight excluding hydrogens is 260 g/mol. The molecule has 0 radical (unpaired) electrons. The van der Waals surface area contributed by atoms with Gasteiger partial charge in [-0.15, -0.1) is 0 Å². The fourth-order valence-corrected chi connectivity index (χ4v) is 2.22. The van der Waals surface area contributed by atoms with Gasteiger partial charge in [-0.1, -0.05) is 17.7 Å². The van der Waals surface area contributed by atoms with Gasteiger partial charge in [-0.2, -0.15) is 5.26 Å². The van der Waals surface area contributed by atoms with Gasteiger partial charge in [0, 0.05) is 5.02 Å². The van der Waals surface area contributed by atoms with Gasteiger partial charge in [0.15, 0.2) is 0 Å². The topological polar surface area (TPSA) is 67.6 Å². The lowest BCUT2D eigenvalue weighted by atomic mass is 10.2. The van der Waals surface area contributed by atoms with E-state index in [-0.39, 0.29) is 0 Å². The molecule has 0 aliphatic heterocycles. The first kappa shape index (κ1) is 11.6. The van der Waals surface area contributed by atoms with E-state index in [0.29, 0.717) is 16.5 Å². The minimum atomic E-state index is 0.368. The second-order valence-electron chi connectivity index (χ2n) is 4.10. The Bertz CT molecular complexity index is 814. The molecule has 0 atom stereocenters. The number of fused-ring (bicyclic) bond motifs is 1. The fraction of sp³-hybridized carbons (Fsp3) is 0. The quantitative estimate of drug-likeness (QED) is 0.737. The van der Waals surface area contributed by atoms with E-state index in [4.69, 9.17) is 22.6 Å². The molecule has 0 unspecified atom stereocenters. The highest BCUT2D eigenvalue weighted by Crippen LogP contribution is 2.25. The van der Waals surface area contributed by atoms with E-state index in [1.54, 1.807) is 28.8 Å². The third kappa shape index (κ3) is 1.90. The van der Waals surface area contributed by atoms with Crippen LogP contribution < -0.4 is 5.73 Å². The highest BCUT2D eigenvalue weighted by atomic mass is 35.5. The molecule has 1 heterocycles. The normalized spacial score (nSPS) is 10.5. The van der Waals surface area contributed by atoms with Crippen LogP contribution in [0.4, 0.5) is 5.95 Å². The zero-order valence-corrected chi connectivity index (χ0v) is 10.6. The van der Waals surface area contributed by atoms with Crippen LogP contribution in [0.3, 0.4) is 0 Å². The average Bonchev–Trinajstić information content (AvgIpc) is 2.74. The third-order valence-electron chi connectivity index (χ3n) is 2.88. The van der Waals surface area contributed by atoms with Gasteiger partial charge in [0.05, 0.1) is 28.4 Å². The summed E-state index contributed by atoms with van der Waals surface area (Å²) < 4.78 is 1.78. The standard InChI is InChI=1S/C14H9ClN4/c15-10-4-5-12-13(7-10)19(14(17)18-12)11-3-1-2-9(6-11)8-16/h1-7H,(H2,17,18).